The van der Waals surface area contributed by atoms with Gasteiger partial charge in [-0.05, 0) is 30.9 Å². The van der Waals surface area contributed by atoms with Gasteiger partial charge in [0.1, 0.15) is 4.90 Å². The molecular formula is C10H16ClN3O3S. The van der Waals surface area contributed by atoms with Gasteiger partial charge in [0, 0.05) is 20.2 Å². The summed E-state index contributed by atoms with van der Waals surface area (Å²) in [7, 11) is -2.05. The molecule has 6 nitrogen and oxygen atoms in total. The van der Waals surface area contributed by atoms with Crippen LogP contribution < -0.4 is 0 Å². The topological polar surface area (TPSA) is 83.4 Å². The normalized spacial score (nSPS) is 12.0. The molecule has 0 aliphatic rings. The first-order valence-corrected chi connectivity index (χ1v) is 7.35. The zero-order valence-electron chi connectivity index (χ0n) is 10.1. The Morgan fingerprint density at radius 2 is 1.89 bits per heavy atom. The van der Waals surface area contributed by atoms with E-state index in [2.05, 4.69) is 9.97 Å². The second kappa shape index (κ2) is 6.98. The van der Waals surface area contributed by atoms with E-state index in [4.69, 9.17) is 16.7 Å². The first kappa shape index (κ1) is 15.3. The summed E-state index contributed by atoms with van der Waals surface area (Å²) in [4.78, 5) is 7.33. The van der Waals surface area contributed by atoms with Crippen molar-refractivity contribution in [2.75, 3.05) is 20.2 Å². The Balaban J connectivity index is 2.65. The second-order valence-corrected chi connectivity index (χ2v) is 6.18. The Morgan fingerprint density at radius 1 is 1.28 bits per heavy atom. The van der Waals surface area contributed by atoms with E-state index < -0.39 is 10.0 Å². The Labute approximate surface area is 112 Å². The van der Waals surface area contributed by atoms with E-state index in [9.17, 15) is 8.42 Å². The third-order valence-electron chi connectivity index (χ3n) is 2.44. The molecule has 0 saturated carbocycles. The van der Waals surface area contributed by atoms with Crippen LogP contribution in [0.25, 0.3) is 0 Å². The summed E-state index contributed by atoms with van der Waals surface area (Å²) >= 11 is 5.51. The van der Waals surface area contributed by atoms with Gasteiger partial charge in [0.2, 0.25) is 15.3 Å². The maximum Gasteiger partial charge on any atom is 0.245 e. The number of aromatic nitrogens is 2. The zero-order chi connectivity index (χ0) is 13.6. The minimum absolute atomic E-state index is 0.0135. The monoisotopic (exact) mass is 293 g/mol. The fourth-order valence-electron chi connectivity index (χ4n) is 1.36. The number of halogens is 1. The van der Waals surface area contributed by atoms with Crippen molar-refractivity contribution < 1.29 is 13.5 Å². The van der Waals surface area contributed by atoms with Gasteiger partial charge in [0.15, 0.2) is 0 Å². The summed E-state index contributed by atoms with van der Waals surface area (Å²) in [5, 5.41) is 8.65. The van der Waals surface area contributed by atoms with Crippen LogP contribution >= 0.6 is 11.6 Å². The smallest absolute Gasteiger partial charge is 0.245 e. The Hall–Kier alpha value is -0.760. The van der Waals surface area contributed by atoms with Crippen molar-refractivity contribution >= 4 is 21.6 Å². The maximum atomic E-state index is 12.1. The van der Waals surface area contributed by atoms with Crippen LogP contribution in [0.2, 0.25) is 5.28 Å². The van der Waals surface area contributed by atoms with Crippen molar-refractivity contribution in [2.24, 2.45) is 0 Å². The van der Waals surface area contributed by atoms with Crippen LogP contribution in [0.5, 0.6) is 0 Å². The molecule has 0 aliphatic carbocycles. The molecule has 0 bridgehead atoms. The Bertz CT molecular complexity index is 464. The number of unbranched alkanes of at least 4 members (excludes halogenated alkanes) is 2. The minimum Gasteiger partial charge on any atom is -0.396 e. The van der Waals surface area contributed by atoms with Gasteiger partial charge in [-0.25, -0.2) is 22.7 Å². The van der Waals surface area contributed by atoms with E-state index in [1.54, 1.807) is 0 Å². The fraction of sp³-hybridized carbons (Fsp3) is 0.600. The van der Waals surface area contributed by atoms with Crippen molar-refractivity contribution in [1.29, 1.82) is 0 Å². The van der Waals surface area contributed by atoms with Crippen LogP contribution in [0, 0.1) is 0 Å². The molecule has 0 radical (unpaired) electrons. The standard InChI is InChI=1S/C10H16ClN3O3S/c1-14(5-3-2-4-6-15)18(16,17)9-7-12-10(11)13-8-9/h7-8,15H,2-6H2,1H3. The third kappa shape index (κ3) is 4.16. The molecule has 1 heterocycles. The molecule has 0 saturated heterocycles. The SMILES string of the molecule is CN(CCCCCO)S(=O)(=O)c1cnc(Cl)nc1. The largest absolute Gasteiger partial charge is 0.396 e. The molecule has 1 aromatic rings. The molecule has 18 heavy (non-hydrogen) atoms. The van der Waals surface area contributed by atoms with E-state index in [0.29, 0.717) is 19.4 Å². The van der Waals surface area contributed by atoms with Crippen LogP contribution in [0.1, 0.15) is 19.3 Å². The molecule has 102 valence electrons. The molecule has 0 amide bonds. The molecule has 0 fully saturated rings. The van der Waals surface area contributed by atoms with Crippen LogP contribution in [-0.2, 0) is 10.0 Å². The van der Waals surface area contributed by atoms with Gasteiger partial charge in [-0.2, -0.15) is 0 Å². The number of hydrogen-bond acceptors (Lipinski definition) is 5. The van der Waals surface area contributed by atoms with Crippen molar-refractivity contribution in [1.82, 2.24) is 14.3 Å². The van der Waals surface area contributed by atoms with Crippen LogP contribution in [-0.4, -0.2) is 48.0 Å². The van der Waals surface area contributed by atoms with Gasteiger partial charge in [0.05, 0.1) is 12.4 Å². The highest BCUT2D eigenvalue weighted by molar-refractivity contribution is 7.89. The minimum atomic E-state index is -3.56. The number of aliphatic hydroxyl groups is 1. The summed E-state index contributed by atoms with van der Waals surface area (Å²) in [5.74, 6) is 0. The molecular weight excluding hydrogens is 278 g/mol. The molecule has 0 aliphatic heterocycles. The lowest BCUT2D eigenvalue weighted by atomic mass is 10.2. The average Bonchev–Trinajstić information content (AvgIpc) is 2.35. The van der Waals surface area contributed by atoms with E-state index >= 15 is 0 Å². The molecule has 0 spiro atoms. The molecule has 8 heteroatoms. The predicted octanol–water partition coefficient (Wildman–Crippen LogP) is 0.913. The number of rotatable bonds is 7. The van der Waals surface area contributed by atoms with Gasteiger partial charge < -0.3 is 5.11 Å². The van der Waals surface area contributed by atoms with Gasteiger partial charge >= 0.3 is 0 Å². The number of nitrogens with zero attached hydrogens (tertiary/aromatic N) is 3. The zero-order valence-corrected chi connectivity index (χ0v) is 11.7. The molecule has 1 aromatic heterocycles. The first-order chi connectivity index (χ1) is 8.48. The summed E-state index contributed by atoms with van der Waals surface area (Å²) in [6, 6.07) is 0. The Kier molecular flexibility index (Phi) is 5.94. The van der Waals surface area contributed by atoms with Crippen molar-refractivity contribution in [2.45, 2.75) is 24.2 Å². The van der Waals surface area contributed by atoms with Crippen molar-refractivity contribution in [3.63, 3.8) is 0 Å². The van der Waals surface area contributed by atoms with Crippen molar-refractivity contribution in [3.8, 4) is 0 Å². The number of sulfonamides is 1. The van der Waals surface area contributed by atoms with E-state index in [1.165, 1.54) is 23.7 Å². The predicted molar refractivity (Wildman–Crippen MR) is 67.8 cm³/mol. The summed E-state index contributed by atoms with van der Waals surface area (Å²) < 4.78 is 25.4. The molecule has 1 rings (SSSR count). The second-order valence-electron chi connectivity index (χ2n) is 3.80. The molecule has 0 atom stereocenters. The fourth-order valence-corrected chi connectivity index (χ4v) is 2.56. The van der Waals surface area contributed by atoms with E-state index in [0.717, 1.165) is 6.42 Å². The molecule has 0 aromatic carbocycles. The van der Waals surface area contributed by atoms with E-state index in [-0.39, 0.29) is 16.8 Å². The highest BCUT2D eigenvalue weighted by Gasteiger charge is 2.20. The first-order valence-electron chi connectivity index (χ1n) is 5.53. The molecule has 1 N–H and O–H groups in total. The summed E-state index contributed by atoms with van der Waals surface area (Å²) in [6.45, 7) is 0.520. The van der Waals surface area contributed by atoms with E-state index in [1.807, 2.05) is 0 Å². The van der Waals surface area contributed by atoms with Crippen LogP contribution in [0.4, 0.5) is 0 Å². The van der Waals surface area contributed by atoms with Crippen LogP contribution in [0.3, 0.4) is 0 Å². The van der Waals surface area contributed by atoms with Gasteiger partial charge in [-0.1, -0.05) is 0 Å². The lowest BCUT2D eigenvalue weighted by Crippen LogP contribution is -2.28. The van der Waals surface area contributed by atoms with Crippen LogP contribution in [0.15, 0.2) is 17.3 Å². The van der Waals surface area contributed by atoms with Gasteiger partial charge in [-0.3, -0.25) is 0 Å². The summed E-state index contributed by atoms with van der Waals surface area (Å²) in [6.07, 6.45) is 4.54. The van der Waals surface area contributed by atoms with Gasteiger partial charge in [-0.15, -0.1) is 0 Å². The molecule has 0 unspecified atom stereocenters. The lowest BCUT2D eigenvalue weighted by molar-refractivity contribution is 0.281. The Morgan fingerprint density at radius 3 is 2.44 bits per heavy atom. The quantitative estimate of drug-likeness (QED) is 0.597. The maximum absolute atomic E-state index is 12.1. The lowest BCUT2D eigenvalue weighted by Gasteiger charge is -2.16. The summed E-state index contributed by atoms with van der Waals surface area (Å²) in [5.41, 5.74) is 0. The third-order valence-corrected chi connectivity index (χ3v) is 4.44. The van der Waals surface area contributed by atoms with Crippen molar-refractivity contribution in [3.05, 3.63) is 17.7 Å². The van der Waals surface area contributed by atoms with Gasteiger partial charge in [0.25, 0.3) is 0 Å². The number of hydrogen-bond donors (Lipinski definition) is 1. The average molecular weight is 294 g/mol. The number of aliphatic hydroxyl groups excluding tert-OH is 1. The highest BCUT2D eigenvalue weighted by atomic mass is 35.5. The highest BCUT2D eigenvalue weighted by Crippen LogP contribution is 2.13.